The van der Waals surface area contributed by atoms with Crippen molar-refractivity contribution in [1.29, 1.82) is 0 Å². The summed E-state index contributed by atoms with van der Waals surface area (Å²) in [6.07, 6.45) is 95.6. The summed E-state index contributed by atoms with van der Waals surface area (Å²) < 4.78 is 16.8. The summed E-state index contributed by atoms with van der Waals surface area (Å²) in [6.45, 7) is 6.32. The number of ether oxygens (including phenoxy) is 3. The second-order valence-electron chi connectivity index (χ2n) is 20.6. The normalized spacial score (nSPS) is 13.2. The predicted molar refractivity (Wildman–Crippen MR) is 343 cm³/mol. The Bertz CT molecular complexity index is 1780. The van der Waals surface area contributed by atoms with Gasteiger partial charge in [-0.05, 0) is 116 Å². The van der Waals surface area contributed by atoms with E-state index in [0.29, 0.717) is 19.3 Å². The van der Waals surface area contributed by atoms with Crippen molar-refractivity contribution in [3.8, 4) is 0 Å². The molecule has 6 heteroatoms. The van der Waals surface area contributed by atoms with Crippen LogP contribution >= 0.6 is 0 Å². The minimum absolute atomic E-state index is 0.112. The quantitative estimate of drug-likeness (QED) is 0.0261. The molecule has 0 saturated carbocycles. The number of carbonyl (C=O) groups excluding carboxylic acids is 3. The molecule has 0 spiro atoms. The molecule has 79 heavy (non-hydrogen) atoms. The van der Waals surface area contributed by atoms with Crippen LogP contribution in [0.4, 0.5) is 0 Å². The molecule has 0 rings (SSSR count). The SMILES string of the molecule is CC/C=C\C/C=C\C/C=C\C/C=C\C/C=C\C/C=C\C/C=C\CCCCCCCCCCCCCC(=O)OCC(COC(=O)CCCCCCCCCCC)OC(=O)CC/C=C\C/C=C\C/C=C\C/C=C\C/C=C\C/C=C\CC. The van der Waals surface area contributed by atoms with Gasteiger partial charge in [0.05, 0.1) is 0 Å². The second-order valence-corrected chi connectivity index (χ2v) is 20.6. The Morgan fingerprint density at radius 2 is 0.519 bits per heavy atom. The van der Waals surface area contributed by atoms with E-state index in [1.165, 1.54) is 96.3 Å². The third kappa shape index (κ3) is 63.7. The van der Waals surface area contributed by atoms with Crippen molar-refractivity contribution in [1.82, 2.24) is 0 Å². The van der Waals surface area contributed by atoms with Crippen LogP contribution in [0.15, 0.2) is 158 Å². The van der Waals surface area contributed by atoms with E-state index >= 15 is 0 Å². The summed E-state index contributed by atoms with van der Waals surface area (Å²) in [4.78, 5) is 38.1. The van der Waals surface area contributed by atoms with Gasteiger partial charge in [0.15, 0.2) is 6.10 Å². The molecule has 0 aromatic heterocycles. The molecule has 1 atom stereocenters. The zero-order chi connectivity index (χ0) is 57.1. The van der Waals surface area contributed by atoms with Gasteiger partial charge in [-0.2, -0.15) is 0 Å². The number of rotatable bonds is 56. The molecule has 444 valence electrons. The van der Waals surface area contributed by atoms with Crippen molar-refractivity contribution in [2.75, 3.05) is 13.2 Å². The lowest BCUT2D eigenvalue weighted by atomic mass is 10.0. The van der Waals surface area contributed by atoms with Gasteiger partial charge < -0.3 is 14.2 Å². The first kappa shape index (κ1) is 74.0. The summed E-state index contributed by atoms with van der Waals surface area (Å²) in [6, 6.07) is 0. The molecule has 0 bridgehead atoms. The van der Waals surface area contributed by atoms with Crippen LogP contribution in [0.2, 0.25) is 0 Å². The van der Waals surface area contributed by atoms with Crippen molar-refractivity contribution in [3.05, 3.63) is 158 Å². The van der Waals surface area contributed by atoms with Crippen molar-refractivity contribution in [2.45, 2.75) is 271 Å². The molecular weight excluding hydrogens is 973 g/mol. The average Bonchev–Trinajstić information content (AvgIpc) is 3.45. The van der Waals surface area contributed by atoms with Crippen LogP contribution in [-0.4, -0.2) is 37.2 Å². The van der Waals surface area contributed by atoms with Crippen molar-refractivity contribution >= 4 is 17.9 Å². The standard InChI is InChI=1S/C73H116O6/c1-4-7-10-13-16-19-21-23-25-27-29-30-31-32-33-34-35-36-37-38-39-40-41-42-44-45-47-49-51-54-57-60-63-66-72(75)78-69-70(68-77-71(74)65-62-59-56-53-18-15-12-9-6-3)79-73(76)67-64-61-58-55-52-50-48-46-43-28-26-24-22-20-17-14-11-8-5-2/h7-8,10-11,16-17,19-20,23-26,29-30,32-33,35-36,38-39,43,46,50,52,58,61,70H,4-6,9,12-15,18,21-22,27-28,31,34,37,40-42,44-45,47-49,51,53-57,59-60,62-69H2,1-3H3/b10-7-,11-8-,19-16-,20-17-,25-23-,26-24-,30-29-,33-32-,36-35-,39-38-,46-43-,52-50-,61-58-. The number of carbonyl (C=O) groups is 3. The fraction of sp³-hybridized carbons (Fsp3) is 0.603. The van der Waals surface area contributed by atoms with Gasteiger partial charge in [-0.1, -0.05) is 288 Å². The van der Waals surface area contributed by atoms with Gasteiger partial charge in [0, 0.05) is 19.3 Å². The first-order valence-electron chi connectivity index (χ1n) is 32.0. The number of esters is 3. The van der Waals surface area contributed by atoms with Crippen LogP contribution < -0.4 is 0 Å². The van der Waals surface area contributed by atoms with Crippen molar-refractivity contribution < 1.29 is 28.6 Å². The molecule has 1 unspecified atom stereocenters. The summed E-state index contributed by atoms with van der Waals surface area (Å²) >= 11 is 0. The third-order valence-electron chi connectivity index (χ3n) is 13.0. The fourth-order valence-corrected chi connectivity index (χ4v) is 8.33. The summed E-state index contributed by atoms with van der Waals surface area (Å²) in [7, 11) is 0. The summed E-state index contributed by atoms with van der Waals surface area (Å²) in [5, 5.41) is 0. The van der Waals surface area contributed by atoms with E-state index in [2.05, 4.69) is 167 Å². The summed E-state index contributed by atoms with van der Waals surface area (Å²) in [5.41, 5.74) is 0. The largest absolute Gasteiger partial charge is 0.462 e. The van der Waals surface area contributed by atoms with Crippen LogP contribution in [0.3, 0.4) is 0 Å². The lowest BCUT2D eigenvalue weighted by Crippen LogP contribution is -2.30. The smallest absolute Gasteiger partial charge is 0.306 e. The number of allylic oxidation sites excluding steroid dienone is 26. The Kier molecular flexibility index (Phi) is 61.4. The molecule has 0 aromatic carbocycles. The Labute approximate surface area is 486 Å². The fourth-order valence-electron chi connectivity index (χ4n) is 8.33. The Morgan fingerprint density at radius 1 is 0.266 bits per heavy atom. The Morgan fingerprint density at radius 3 is 0.823 bits per heavy atom. The van der Waals surface area contributed by atoms with E-state index in [1.807, 2.05) is 12.2 Å². The molecule has 0 fully saturated rings. The van der Waals surface area contributed by atoms with E-state index in [0.717, 1.165) is 122 Å². The maximum atomic E-state index is 12.8. The van der Waals surface area contributed by atoms with Gasteiger partial charge >= 0.3 is 17.9 Å². The maximum Gasteiger partial charge on any atom is 0.306 e. The van der Waals surface area contributed by atoms with Crippen LogP contribution in [-0.2, 0) is 28.6 Å². The molecule has 0 N–H and O–H groups in total. The van der Waals surface area contributed by atoms with Gasteiger partial charge in [-0.15, -0.1) is 0 Å². The van der Waals surface area contributed by atoms with Crippen LogP contribution in [0, 0.1) is 0 Å². The van der Waals surface area contributed by atoms with Gasteiger partial charge in [-0.3, -0.25) is 14.4 Å². The van der Waals surface area contributed by atoms with Crippen molar-refractivity contribution in [3.63, 3.8) is 0 Å². The molecular formula is C73H116O6. The van der Waals surface area contributed by atoms with E-state index in [-0.39, 0.29) is 31.6 Å². The zero-order valence-electron chi connectivity index (χ0n) is 50.8. The zero-order valence-corrected chi connectivity index (χ0v) is 50.8. The maximum absolute atomic E-state index is 12.8. The molecule has 0 aromatic rings. The van der Waals surface area contributed by atoms with E-state index in [4.69, 9.17) is 14.2 Å². The first-order valence-corrected chi connectivity index (χ1v) is 32.0. The highest BCUT2D eigenvalue weighted by Gasteiger charge is 2.19. The lowest BCUT2D eigenvalue weighted by molar-refractivity contribution is -0.166. The molecule has 0 saturated heterocycles. The molecule has 0 aliphatic carbocycles. The van der Waals surface area contributed by atoms with Crippen LogP contribution in [0.5, 0.6) is 0 Å². The van der Waals surface area contributed by atoms with Gasteiger partial charge in [0.25, 0.3) is 0 Å². The highest BCUT2D eigenvalue weighted by atomic mass is 16.6. The Hall–Kier alpha value is -4.97. The van der Waals surface area contributed by atoms with Crippen molar-refractivity contribution in [2.24, 2.45) is 0 Å². The third-order valence-corrected chi connectivity index (χ3v) is 13.0. The van der Waals surface area contributed by atoms with E-state index in [9.17, 15) is 14.4 Å². The summed E-state index contributed by atoms with van der Waals surface area (Å²) in [5.74, 6) is -1.01. The molecule has 0 radical (unpaired) electrons. The van der Waals surface area contributed by atoms with Crippen LogP contribution in [0.1, 0.15) is 265 Å². The topological polar surface area (TPSA) is 78.9 Å². The van der Waals surface area contributed by atoms with Gasteiger partial charge in [0.2, 0.25) is 0 Å². The molecule has 6 nitrogen and oxygen atoms in total. The van der Waals surface area contributed by atoms with E-state index < -0.39 is 12.1 Å². The lowest BCUT2D eigenvalue weighted by Gasteiger charge is -2.18. The number of hydrogen-bond acceptors (Lipinski definition) is 6. The number of unbranched alkanes of at least 4 members (excludes halogenated alkanes) is 19. The molecule has 0 aliphatic heterocycles. The molecule has 0 amide bonds. The molecule has 0 aliphatic rings. The van der Waals surface area contributed by atoms with Crippen LogP contribution in [0.25, 0.3) is 0 Å². The average molecular weight is 1090 g/mol. The second kappa shape index (κ2) is 65.5. The van der Waals surface area contributed by atoms with Gasteiger partial charge in [0.1, 0.15) is 13.2 Å². The minimum Gasteiger partial charge on any atom is -0.462 e. The Balaban J connectivity index is 4.27. The minimum atomic E-state index is -0.824. The first-order chi connectivity index (χ1) is 39.0. The van der Waals surface area contributed by atoms with E-state index in [1.54, 1.807) is 0 Å². The predicted octanol–water partition coefficient (Wildman–Crippen LogP) is 22.1. The monoisotopic (exact) mass is 1090 g/mol. The highest BCUT2D eigenvalue weighted by Crippen LogP contribution is 2.15. The highest BCUT2D eigenvalue weighted by molar-refractivity contribution is 5.71. The number of hydrogen-bond donors (Lipinski definition) is 0. The molecule has 0 heterocycles. The van der Waals surface area contributed by atoms with Gasteiger partial charge in [-0.25, -0.2) is 0 Å².